The third-order valence-electron chi connectivity index (χ3n) is 3.91. The predicted octanol–water partition coefficient (Wildman–Crippen LogP) is 6.68. The highest BCUT2D eigenvalue weighted by Crippen LogP contribution is 2.24. The minimum atomic E-state index is -0.159. The van der Waals surface area contributed by atoms with Crippen LogP contribution in [0.1, 0.15) is 76.2 Å². The van der Waals surface area contributed by atoms with Gasteiger partial charge in [-0.25, -0.2) is 4.39 Å². The van der Waals surface area contributed by atoms with Crippen molar-refractivity contribution in [1.29, 1.82) is 0 Å². The van der Waals surface area contributed by atoms with E-state index in [4.69, 9.17) is 11.6 Å². The number of rotatable bonds is 11. The van der Waals surface area contributed by atoms with E-state index in [2.05, 4.69) is 6.92 Å². The molecule has 1 atom stereocenters. The second-order valence-electron chi connectivity index (χ2n) is 5.67. The first-order chi connectivity index (χ1) is 9.77. The molecule has 0 N–H and O–H groups in total. The number of benzene rings is 1. The van der Waals surface area contributed by atoms with E-state index in [1.165, 1.54) is 57.4 Å². The molecule has 1 aromatic carbocycles. The second-order valence-corrected chi connectivity index (χ2v) is 5.98. The zero-order chi connectivity index (χ0) is 14.6. The molecule has 0 spiro atoms. The molecule has 0 nitrogen and oxygen atoms in total. The third-order valence-corrected chi connectivity index (χ3v) is 4.28. The summed E-state index contributed by atoms with van der Waals surface area (Å²) in [6, 6.07) is 6.88. The molecule has 20 heavy (non-hydrogen) atoms. The predicted molar refractivity (Wildman–Crippen MR) is 87.1 cm³/mol. The molecule has 0 heterocycles. The zero-order valence-electron chi connectivity index (χ0n) is 12.7. The Kier molecular flexibility index (Phi) is 9.74. The summed E-state index contributed by atoms with van der Waals surface area (Å²) in [5.74, 6) is 0.723. The summed E-state index contributed by atoms with van der Waals surface area (Å²) in [6.07, 6.45) is 11.6. The smallest absolute Gasteiger partial charge is 0.123 e. The minimum absolute atomic E-state index is 0.159. The first-order valence-electron chi connectivity index (χ1n) is 8.09. The maximum Gasteiger partial charge on any atom is 0.123 e. The van der Waals surface area contributed by atoms with Gasteiger partial charge in [0.1, 0.15) is 5.82 Å². The van der Waals surface area contributed by atoms with Gasteiger partial charge in [-0.3, -0.25) is 0 Å². The molecule has 0 saturated heterocycles. The van der Waals surface area contributed by atoms with Gasteiger partial charge in [0.15, 0.2) is 0 Å². The van der Waals surface area contributed by atoms with Gasteiger partial charge in [0.05, 0.1) is 0 Å². The van der Waals surface area contributed by atoms with Crippen LogP contribution in [0.5, 0.6) is 0 Å². The summed E-state index contributed by atoms with van der Waals surface area (Å²) >= 11 is 6.03. The third kappa shape index (κ3) is 7.28. The van der Waals surface area contributed by atoms with Gasteiger partial charge in [-0.15, -0.1) is 11.6 Å². The average molecular weight is 299 g/mol. The quantitative estimate of drug-likeness (QED) is 0.316. The summed E-state index contributed by atoms with van der Waals surface area (Å²) in [4.78, 5) is 0. The van der Waals surface area contributed by atoms with E-state index in [0.29, 0.717) is 11.8 Å². The second kappa shape index (κ2) is 11.1. The summed E-state index contributed by atoms with van der Waals surface area (Å²) in [7, 11) is 0. The molecule has 0 bridgehead atoms. The normalized spacial score (nSPS) is 12.6. The van der Waals surface area contributed by atoms with E-state index in [-0.39, 0.29) is 5.82 Å². The summed E-state index contributed by atoms with van der Waals surface area (Å²) in [5, 5.41) is 0. The maximum atomic E-state index is 13.2. The number of hydrogen-bond acceptors (Lipinski definition) is 0. The number of halogens is 2. The Morgan fingerprint density at radius 3 is 2.25 bits per heavy atom. The van der Waals surface area contributed by atoms with Crippen LogP contribution in [0.4, 0.5) is 4.39 Å². The van der Waals surface area contributed by atoms with Crippen LogP contribution in [-0.2, 0) is 0 Å². The van der Waals surface area contributed by atoms with Crippen LogP contribution < -0.4 is 0 Å². The van der Waals surface area contributed by atoms with Crippen LogP contribution in [0.2, 0.25) is 0 Å². The molecular formula is C18H28ClF. The van der Waals surface area contributed by atoms with Gasteiger partial charge in [0, 0.05) is 5.88 Å². The number of unbranched alkanes of at least 4 members (excludes halogenated alkanes) is 7. The molecule has 0 radical (unpaired) electrons. The molecule has 2 heteroatoms. The Balaban J connectivity index is 2.16. The van der Waals surface area contributed by atoms with Crippen molar-refractivity contribution in [2.24, 2.45) is 0 Å². The lowest BCUT2D eigenvalue weighted by Crippen LogP contribution is -2.01. The molecule has 0 aromatic heterocycles. The molecule has 1 aromatic rings. The molecule has 0 saturated carbocycles. The molecule has 1 rings (SSSR count). The molecule has 0 aliphatic carbocycles. The van der Waals surface area contributed by atoms with E-state index >= 15 is 0 Å². The van der Waals surface area contributed by atoms with Crippen LogP contribution >= 0.6 is 11.6 Å². The van der Waals surface area contributed by atoms with Crippen molar-refractivity contribution in [2.75, 3.05) is 5.88 Å². The van der Waals surface area contributed by atoms with Gasteiger partial charge >= 0.3 is 0 Å². The molecule has 1 unspecified atom stereocenters. The lowest BCUT2D eigenvalue weighted by Gasteiger charge is -2.14. The molecule has 0 fully saturated rings. The largest absolute Gasteiger partial charge is 0.207 e. The lowest BCUT2D eigenvalue weighted by molar-refractivity contribution is 0.543. The van der Waals surface area contributed by atoms with E-state index in [9.17, 15) is 4.39 Å². The van der Waals surface area contributed by atoms with E-state index < -0.39 is 0 Å². The van der Waals surface area contributed by atoms with E-state index in [1.807, 2.05) is 6.07 Å². The summed E-state index contributed by atoms with van der Waals surface area (Å²) in [6.45, 7) is 2.25. The molecule has 0 aliphatic heterocycles. The summed E-state index contributed by atoms with van der Waals surface area (Å²) in [5.41, 5.74) is 1.04. The van der Waals surface area contributed by atoms with Crippen molar-refractivity contribution in [2.45, 2.75) is 70.6 Å². The van der Waals surface area contributed by atoms with Crippen molar-refractivity contribution >= 4 is 11.6 Å². The molecule has 0 aliphatic rings. The van der Waals surface area contributed by atoms with Crippen molar-refractivity contribution in [3.8, 4) is 0 Å². The Bertz CT molecular complexity index is 351. The van der Waals surface area contributed by atoms with Gasteiger partial charge < -0.3 is 0 Å². The SMILES string of the molecule is CCCCCCCCCCC(CCl)c1cccc(F)c1. The Labute approximate surface area is 128 Å². The van der Waals surface area contributed by atoms with Crippen LogP contribution in [-0.4, -0.2) is 5.88 Å². The minimum Gasteiger partial charge on any atom is -0.207 e. The van der Waals surface area contributed by atoms with Crippen molar-refractivity contribution < 1.29 is 4.39 Å². The van der Waals surface area contributed by atoms with Crippen molar-refractivity contribution in [1.82, 2.24) is 0 Å². The van der Waals surface area contributed by atoms with Gasteiger partial charge in [0.25, 0.3) is 0 Å². The highest BCUT2D eigenvalue weighted by Gasteiger charge is 2.10. The van der Waals surface area contributed by atoms with Gasteiger partial charge in [-0.2, -0.15) is 0 Å². The summed E-state index contributed by atoms with van der Waals surface area (Å²) < 4.78 is 13.2. The topological polar surface area (TPSA) is 0 Å². The maximum absolute atomic E-state index is 13.2. The highest BCUT2D eigenvalue weighted by molar-refractivity contribution is 6.18. The van der Waals surface area contributed by atoms with E-state index in [1.54, 1.807) is 12.1 Å². The number of alkyl halides is 1. The molecule has 114 valence electrons. The van der Waals surface area contributed by atoms with Gasteiger partial charge in [0.2, 0.25) is 0 Å². The van der Waals surface area contributed by atoms with E-state index in [0.717, 1.165) is 12.0 Å². The standard InChI is InChI=1S/C18H28ClF/c1-2-3-4-5-6-7-8-9-11-17(15-19)16-12-10-13-18(20)14-16/h10,12-14,17H,2-9,11,15H2,1H3. The number of hydrogen-bond donors (Lipinski definition) is 0. The Hall–Kier alpha value is -0.560. The first kappa shape index (κ1) is 17.5. The molecule has 0 amide bonds. The monoisotopic (exact) mass is 298 g/mol. The highest BCUT2D eigenvalue weighted by atomic mass is 35.5. The fourth-order valence-electron chi connectivity index (χ4n) is 2.62. The van der Waals surface area contributed by atoms with Crippen LogP contribution in [0, 0.1) is 5.82 Å². The zero-order valence-corrected chi connectivity index (χ0v) is 13.5. The Morgan fingerprint density at radius 1 is 1.00 bits per heavy atom. The fourth-order valence-corrected chi connectivity index (χ4v) is 2.95. The fraction of sp³-hybridized carbons (Fsp3) is 0.667. The lowest BCUT2D eigenvalue weighted by atomic mass is 9.94. The van der Waals surface area contributed by atoms with Crippen molar-refractivity contribution in [3.05, 3.63) is 35.6 Å². The van der Waals surface area contributed by atoms with Crippen LogP contribution in [0.3, 0.4) is 0 Å². The van der Waals surface area contributed by atoms with Crippen LogP contribution in [0.15, 0.2) is 24.3 Å². The first-order valence-corrected chi connectivity index (χ1v) is 8.62. The molecular weight excluding hydrogens is 271 g/mol. The average Bonchev–Trinajstić information content (AvgIpc) is 2.46. The van der Waals surface area contributed by atoms with Crippen LogP contribution in [0.25, 0.3) is 0 Å². The van der Waals surface area contributed by atoms with Gasteiger partial charge in [-0.1, -0.05) is 70.4 Å². The Morgan fingerprint density at radius 2 is 1.65 bits per heavy atom. The van der Waals surface area contributed by atoms with Crippen molar-refractivity contribution in [3.63, 3.8) is 0 Å². The van der Waals surface area contributed by atoms with Gasteiger partial charge in [-0.05, 0) is 30.0 Å².